The van der Waals surface area contributed by atoms with Gasteiger partial charge in [0.2, 0.25) is 0 Å². The summed E-state index contributed by atoms with van der Waals surface area (Å²) in [5, 5.41) is 0. The van der Waals surface area contributed by atoms with E-state index >= 15 is 0 Å². The smallest absolute Gasteiger partial charge is 0.199 e. The first-order valence-electron chi connectivity index (χ1n) is 10.2. The van der Waals surface area contributed by atoms with Gasteiger partial charge in [-0.05, 0) is 61.6 Å². The van der Waals surface area contributed by atoms with E-state index < -0.39 is 0 Å². The average Bonchev–Trinajstić information content (AvgIpc) is 2.70. The van der Waals surface area contributed by atoms with Crippen LogP contribution < -0.4 is 15.2 Å². The molecule has 2 aromatic rings. The van der Waals surface area contributed by atoms with Crippen molar-refractivity contribution < 1.29 is 18.6 Å². The summed E-state index contributed by atoms with van der Waals surface area (Å²) in [5.41, 5.74) is 8.54. The van der Waals surface area contributed by atoms with Crippen molar-refractivity contribution in [3.8, 4) is 22.6 Å². The largest absolute Gasteiger partial charge is 0.493 e. The zero-order chi connectivity index (χ0) is 19.8. The molecule has 0 radical (unpaired) electrons. The second-order valence-corrected chi connectivity index (χ2v) is 7.11. The number of hydrogen-bond donors (Lipinski definition) is 1. The molecule has 1 fully saturated rings. The van der Waals surface area contributed by atoms with E-state index in [0.717, 1.165) is 54.5 Å². The van der Waals surface area contributed by atoms with Crippen LogP contribution in [0.15, 0.2) is 36.4 Å². The molecule has 5 heteroatoms. The van der Waals surface area contributed by atoms with Gasteiger partial charge < -0.3 is 19.9 Å². The fourth-order valence-corrected chi connectivity index (χ4v) is 3.42. The molecule has 0 saturated carbocycles. The fraction of sp³-hybridized carbons (Fsp3) is 0.478. The lowest BCUT2D eigenvalue weighted by molar-refractivity contribution is -0.105. The Morgan fingerprint density at radius 2 is 2.11 bits per heavy atom. The maximum absolute atomic E-state index is 13.9. The maximum Gasteiger partial charge on any atom is 0.199 e. The molecule has 1 unspecified atom stereocenters. The predicted molar refractivity (Wildman–Crippen MR) is 109 cm³/mol. The van der Waals surface area contributed by atoms with Gasteiger partial charge in [-0.2, -0.15) is 0 Å². The van der Waals surface area contributed by atoms with Crippen LogP contribution in [0, 0.1) is 5.82 Å². The summed E-state index contributed by atoms with van der Waals surface area (Å²) in [7, 11) is 0. The Kier molecular flexibility index (Phi) is 7.69. The van der Waals surface area contributed by atoms with Crippen LogP contribution in [0.3, 0.4) is 0 Å². The highest BCUT2D eigenvalue weighted by Crippen LogP contribution is 2.37. The van der Waals surface area contributed by atoms with E-state index in [1.807, 2.05) is 18.2 Å². The van der Waals surface area contributed by atoms with Crippen LogP contribution >= 0.6 is 0 Å². The van der Waals surface area contributed by atoms with Gasteiger partial charge in [-0.25, -0.2) is 4.39 Å². The van der Waals surface area contributed by atoms with Crippen LogP contribution in [0.5, 0.6) is 11.5 Å². The Hall–Kier alpha value is -2.11. The monoisotopic (exact) mass is 387 g/mol. The number of hydrogen-bond acceptors (Lipinski definition) is 4. The SMILES string of the molecule is CCCCOc1cc(OC2CCCCO2)cc(-c2cccc(F)c2)c1CCN. The predicted octanol–water partition coefficient (Wildman–Crippen LogP) is 5.08. The molecule has 3 rings (SSSR count). The van der Waals surface area contributed by atoms with E-state index in [1.54, 1.807) is 6.07 Å². The Bertz CT molecular complexity index is 760. The second-order valence-electron chi connectivity index (χ2n) is 7.11. The first-order chi connectivity index (χ1) is 13.7. The molecular weight excluding hydrogens is 357 g/mol. The molecule has 1 saturated heterocycles. The Morgan fingerprint density at radius 3 is 2.82 bits per heavy atom. The molecule has 152 valence electrons. The molecular formula is C23H30FNO3. The minimum Gasteiger partial charge on any atom is -0.493 e. The lowest BCUT2D eigenvalue weighted by Gasteiger charge is -2.25. The quantitative estimate of drug-likeness (QED) is 0.610. The van der Waals surface area contributed by atoms with Crippen LogP contribution in [0.25, 0.3) is 11.1 Å². The van der Waals surface area contributed by atoms with Crippen molar-refractivity contribution in [3.05, 3.63) is 47.8 Å². The van der Waals surface area contributed by atoms with E-state index in [4.69, 9.17) is 19.9 Å². The Labute approximate surface area is 166 Å². The second kappa shape index (κ2) is 10.4. The molecule has 2 N–H and O–H groups in total. The summed E-state index contributed by atoms with van der Waals surface area (Å²) in [6.07, 6.45) is 5.43. The summed E-state index contributed by atoms with van der Waals surface area (Å²) in [4.78, 5) is 0. The Balaban J connectivity index is 1.99. The van der Waals surface area contributed by atoms with Gasteiger partial charge >= 0.3 is 0 Å². The molecule has 0 spiro atoms. The molecule has 4 nitrogen and oxygen atoms in total. The highest BCUT2D eigenvalue weighted by molar-refractivity contribution is 5.72. The number of halogens is 1. The third-order valence-electron chi connectivity index (χ3n) is 4.87. The van der Waals surface area contributed by atoms with Gasteiger partial charge in [-0.15, -0.1) is 0 Å². The van der Waals surface area contributed by atoms with Gasteiger partial charge in [-0.3, -0.25) is 0 Å². The zero-order valence-electron chi connectivity index (χ0n) is 16.6. The molecule has 0 amide bonds. The molecule has 0 aliphatic carbocycles. The van der Waals surface area contributed by atoms with Crippen molar-refractivity contribution in [2.75, 3.05) is 19.8 Å². The van der Waals surface area contributed by atoms with Gasteiger partial charge in [-0.1, -0.05) is 25.5 Å². The number of rotatable bonds is 9. The number of nitrogens with two attached hydrogens (primary N) is 1. The van der Waals surface area contributed by atoms with E-state index in [2.05, 4.69) is 6.92 Å². The van der Waals surface area contributed by atoms with Crippen molar-refractivity contribution in [2.45, 2.75) is 51.7 Å². The van der Waals surface area contributed by atoms with Gasteiger partial charge in [0, 0.05) is 18.1 Å². The van der Waals surface area contributed by atoms with Gasteiger partial charge in [0.1, 0.15) is 17.3 Å². The van der Waals surface area contributed by atoms with E-state index in [1.165, 1.54) is 12.1 Å². The third kappa shape index (κ3) is 5.46. The van der Waals surface area contributed by atoms with Crippen LogP contribution in [-0.2, 0) is 11.2 Å². The minimum atomic E-state index is -0.272. The minimum absolute atomic E-state index is 0.252. The maximum atomic E-state index is 13.9. The van der Waals surface area contributed by atoms with Crippen LogP contribution in [0.1, 0.15) is 44.6 Å². The van der Waals surface area contributed by atoms with E-state index in [9.17, 15) is 4.39 Å². The van der Waals surface area contributed by atoms with Crippen LogP contribution in [0.2, 0.25) is 0 Å². The summed E-state index contributed by atoms with van der Waals surface area (Å²) >= 11 is 0. The highest BCUT2D eigenvalue weighted by atomic mass is 19.1. The molecule has 1 heterocycles. The summed E-state index contributed by atoms with van der Waals surface area (Å²) in [6, 6.07) is 10.5. The molecule has 0 aromatic heterocycles. The summed E-state index contributed by atoms with van der Waals surface area (Å²) < 4.78 is 31.8. The zero-order valence-corrected chi connectivity index (χ0v) is 16.6. The molecule has 0 bridgehead atoms. The highest BCUT2D eigenvalue weighted by Gasteiger charge is 2.19. The molecule has 2 aromatic carbocycles. The fourth-order valence-electron chi connectivity index (χ4n) is 3.42. The van der Waals surface area contributed by atoms with E-state index in [-0.39, 0.29) is 12.1 Å². The van der Waals surface area contributed by atoms with Crippen molar-refractivity contribution in [1.82, 2.24) is 0 Å². The Morgan fingerprint density at radius 1 is 1.21 bits per heavy atom. The first kappa shape index (κ1) is 20.6. The number of ether oxygens (including phenoxy) is 3. The van der Waals surface area contributed by atoms with Gasteiger partial charge in [0.05, 0.1) is 13.2 Å². The van der Waals surface area contributed by atoms with Crippen LogP contribution in [0.4, 0.5) is 4.39 Å². The van der Waals surface area contributed by atoms with Crippen molar-refractivity contribution in [3.63, 3.8) is 0 Å². The summed E-state index contributed by atoms with van der Waals surface area (Å²) in [5.74, 6) is 1.16. The number of unbranched alkanes of at least 4 members (excludes halogenated alkanes) is 1. The number of benzene rings is 2. The normalized spacial score (nSPS) is 16.8. The summed E-state index contributed by atoms with van der Waals surface area (Å²) in [6.45, 7) is 3.95. The van der Waals surface area contributed by atoms with Gasteiger partial charge in [0.25, 0.3) is 0 Å². The average molecular weight is 387 g/mol. The van der Waals surface area contributed by atoms with Crippen LogP contribution in [-0.4, -0.2) is 26.0 Å². The molecule has 1 aliphatic rings. The topological polar surface area (TPSA) is 53.7 Å². The lowest BCUT2D eigenvalue weighted by Crippen LogP contribution is -2.25. The van der Waals surface area contributed by atoms with Crippen molar-refractivity contribution >= 4 is 0 Å². The molecule has 1 atom stereocenters. The molecule has 28 heavy (non-hydrogen) atoms. The molecule has 1 aliphatic heterocycles. The van der Waals surface area contributed by atoms with E-state index in [0.29, 0.717) is 31.9 Å². The van der Waals surface area contributed by atoms with Gasteiger partial charge in [0.15, 0.2) is 6.29 Å². The first-order valence-corrected chi connectivity index (χ1v) is 10.2. The standard InChI is InChI=1S/C23H30FNO3/c1-2-3-12-26-22-16-19(28-23-9-4-5-13-27-23)15-21(20(22)10-11-25)17-7-6-8-18(24)14-17/h6-8,14-16,23H,2-5,9-13,25H2,1H3. The van der Waals surface area contributed by atoms with Crippen molar-refractivity contribution in [2.24, 2.45) is 5.73 Å². The lowest BCUT2D eigenvalue weighted by atomic mass is 9.96. The van der Waals surface area contributed by atoms with Crippen molar-refractivity contribution in [1.29, 1.82) is 0 Å². The third-order valence-corrected chi connectivity index (χ3v) is 4.87.